The molecule has 3 atom stereocenters. The Labute approximate surface area is 119 Å². The molecule has 19 heavy (non-hydrogen) atoms. The van der Waals surface area contributed by atoms with Gasteiger partial charge in [-0.05, 0) is 43.0 Å². The first-order valence-electron chi connectivity index (χ1n) is 7.04. The molecule has 0 bridgehead atoms. The van der Waals surface area contributed by atoms with Crippen LogP contribution in [0.4, 0.5) is 0 Å². The molecule has 1 aliphatic heterocycles. The molecule has 1 heterocycles. The van der Waals surface area contributed by atoms with Crippen molar-refractivity contribution in [1.82, 2.24) is 4.90 Å². The number of hydrogen-bond acceptors (Lipinski definition) is 3. The summed E-state index contributed by atoms with van der Waals surface area (Å²) in [6.45, 7) is 4.74. The first-order chi connectivity index (χ1) is 9.15. The van der Waals surface area contributed by atoms with Crippen molar-refractivity contribution in [2.75, 3.05) is 19.7 Å². The Morgan fingerprint density at radius 1 is 1.47 bits per heavy atom. The summed E-state index contributed by atoms with van der Waals surface area (Å²) in [6, 6.07) is 6.90. The highest BCUT2D eigenvalue weighted by atomic mass is 35.5. The minimum absolute atomic E-state index is 0.0916. The van der Waals surface area contributed by atoms with E-state index in [4.69, 9.17) is 22.1 Å². The van der Waals surface area contributed by atoms with Gasteiger partial charge in [0, 0.05) is 30.2 Å². The molecule has 3 rings (SSSR count). The number of fused-ring (bicyclic) bond motifs is 1. The summed E-state index contributed by atoms with van der Waals surface area (Å²) in [6.07, 6.45) is 2.47. The summed E-state index contributed by atoms with van der Waals surface area (Å²) in [5, 5.41) is 0.842. The fourth-order valence-electron chi connectivity index (χ4n) is 3.24. The molecule has 0 saturated carbocycles. The molecule has 1 aliphatic carbocycles. The number of nitrogens with zero attached hydrogens (tertiary/aromatic N) is 1. The van der Waals surface area contributed by atoms with Gasteiger partial charge in [-0.2, -0.15) is 0 Å². The molecule has 3 nitrogen and oxygen atoms in total. The highest BCUT2D eigenvalue weighted by Crippen LogP contribution is 2.37. The number of ether oxygens (including phenoxy) is 1. The molecule has 1 aromatic rings. The summed E-state index contributed by atoms with van der Waals surface area (Å²) in [7, 11) is 0. The molecule has 2 N–H and O–H groups in total. The highest BCUT2D eigenvalue weighted by Gasteiger charge is 2.32. The van der Waals surface area contributed by atoms with Crippen LogP contribution in [0.25, 0.3) is 0 Å². The van der Waals surface area contributed by atoms with Crippen LogP contribution in [-0.4, -0.2) is 36.7 Å². The number of benzene rings is 1. The fourth-order valence-corrected chi connectivity index (χ4v) is 3.44. The largest absolute Gasteiger partial charge is 0.374 e. The van der Waals surface area contributed by atoms with Crippen molar-refractivity contribution in [2.45, 2.75) is 38.0 Å². The lowest BCUT2D eigenvalue weighted by molar-refractivity contribution is -0.0519. The lowest BCUT2D eigenvalue weighted by Gasteiger charge is -2.38. The smallest absolute Gasteiger partial charge is 0.0850 e. The first kappa shape index (κ1) is 13.4. The SMILES string of the molecule is CC(N)C1CN(C2CCc3cc(Cl)ccc32)CCO1. The number of aryl methyl sites for hydroxylation is 1. The van der Waals surface area contributed by atoms with E-state index in [0.717, 1.165) is 31.1 Å². The van der Waals surface area contributed by atoms with Gasteiger partial charge in [-0.25, -0.2) is 0 Å². The second kappa shape index (κ2) is 5.41. The van der Waals surface area contributed by atoms with Crippen molar-refractivity contribution in [1.29, 1.82) is 0 Å². The van der Waals surface area contributed by atoms with Gasteiger partial charge in [0.1, 0.15) is 0 Å². The quantitative estimate of drug-likeness (QED) is 0.904. The standard InChI is InChI=1S/C15H21ClN2O/c1-10(17)15-9-18(6-7-19-15)14-5-2-11-8-12(16)3-4-13(11)14/h3-4,8,10,14-15H,2,5-7,9,17H2,1H3. The van der Waals surface area contributed by atoms with Crippen molar-refractivity contribution in [2.24, 2.45) is 5.73 Å². The van der Waals surface area contributed by atoms with Crippen LogP contribution in [0.3, 0.4) is 0 Å². The maximum Gasteiger partial charge on any atom is 0.0850 e. The minimum atomic E-state index is 0.0916. The molecule has 0 aromatic heterocycles. The summed E-state index contributed by atoms with van der Waals surface area (Å²) in [5.41, 5.74) is 8.82. The maximum atomic E-state index is 6.07. The van der Waals surface area contributed by atoms with Crippen LogP contribution in [-0.2, 0) is 11.2 Å². The van der Waals surface area contributed by atoms with E-state index in [1.165, 1.54) is 17.5 Å². The third-order valence-electron chi connectivity index (χ3n) is 4.30. The molecule has 1 saturated heterocycles. The first-order valence-corrected chi connectivity index (χ1v) is 7.42. The zero-order valence-electron chi connectivity index (χ0n) is 11.3. The van der Waals surface area contributed by atoms with Crippen molar-refractivity contribution in [3.05, 3.63) is 34.3 Å². The van der Waals surface area contributed by atoms with Crippen LogP contribution in [0, 0.1) is 0 Å². The van der Waals surface area contributed by atoms with Gasteiger partial charge in [-0.15, -0.1) is 0 Å². The van der Waals surface area contributed by atoms with Crippen LogP contribution < -0.4 is 5.73 Å². The fraction of sp³-hybridized carbons (Fsp3) is 0.600. The maximum absolute atomic E-state index is 6.07. The Bertz CT molecular complexity index is 463. The third-order valence-corrected chi connectivity index (χ3v) is 4.54. The monoisotopic (exact) mass is 280 g/mol. The summed E-state index contributed by atoms with van der Waals surface area (Å²) in [5.74, 6) is 0. The van der Waals surface area contributed by atoms with Gasteiger partial charge in [0.25, 0.3) is 0 Å². The van der Waals surface area contributed by atoms with Crippen molar-refractivity contribution < 1.29 is 4.74 Å². The van der Waals surface area contributed by atoms with Gasteiger partial charge in [0.15, 0.2) is 0 Å². The second-order valence-corrected chi connectivity index (χ2v) is 6.10. The Balaban J connectivity index is 1.78. The van der Waals surface area contributed by atoms with Gasteiger partial charge in [0.05, 0.1) is 12.7 Å². The van der Waals surface area contributed by atoms with Gasteiger partial charge >= 0.3 is 0 Å². The average molecular weight is 281 g/mol. The van der Waals surface area contributed by atoms with Crippen LogP contribution >= 0.6 is 11.6 Å². The van der Waals surface area contributed by atoms with Gasteiger partial charge in [-0.1, -0.05) is 17.7 Å². The molecule has 0 spiro atoms. The Kier molecular flexibility index (Phi) is 3.81. The molecule has 3 unspecified atom stereocenters. The van der Waals surface area contributed by atoms with Crippen molar-refractivity contribution >= 4 is 11.6 Å². The van der Waals surface area contributed by atoms with E-state index < -0.39 is 0 Å². The number of halogens is 1. The average Bonchev–Trinajstić information content (AvgIpc) is 2.81. The lowest BCUT2D eigenvalue weighted by Crippen LogP contribution is -2.50. The van der Waals surface area contributed by atoms with E-state index in [2.05, 4.69) is 17.0 Å². The number of nitrogens with two attached hydrogens (primary N) is 1. The zero-order chi connectivity index (χ0) is 13.4. The predicted molar refractivity (Wildman–Crippen MR) is 77.5 cm³/mol. The van der Waals surface area contributed by atoms with E-state index in [1.807, 2.05) is 13.0 Å². The van der Waals surface area contributed by atoms with Crippen molar-refractivity contribution in [3.63, 3.8) is 0 Å². The van der Waals surface area contributed by atoms with Gasteiger partial charge in [-0.3, -0.25) is 4.90 Å². The molecule has 0 amide bonds. The second-order valence-electron chi connectivity index (χ2n) is 5.66. The summed E-state index contributed by atoms with van der Waals surface area (Å²) in [4.78, 5) is 2.53. The molecule has 4 heteroatoms. The molecule has 0 radical (unpaired) electrons. The Hall–Kier alpha value is -0.610. The van der Waals surface area contributed by atoms with E-state index >= 15 is 0 Å². The summed E-state index contributed by atoms with van der Waals surface area (Å²) < 4.78 is 5.75. The molecule has 104 valence electrons. The topological polar surface area (TPSA) is 38.5 Å². The van der Waals surface area contributed by atoms with E-state index in [-0.39, 0.29) is 12.1 Å². The van der Waals surface area contributed by atoms with Crippen LogP contribution in [0.1, 0.15) is 30.5 Å². The molecular weight excluding hydrogens is 260 g/mol. The third kappa shape index (κ3) is 2.65. The van der Waals surface area contributed by atoms with Crippen LogP contribution in [0.2, 0.25) is 5.02 Å². The van der Waals surface area contributed by atoms with Crippen LogP contribution in [0.5, 0.6) is 0 Å². The van der Waals surface area contributed by atoms with E-state index in [9.17, 15) is 0 Å². The van der Waals surface area contributed by atoms with Crippen LogP contribution in [0.15, 0.2) is 18.2 Å². The number of hydrogen-bond donors (Lipinski definition) is 1. The van der Waals surface area contributed by atoms with Gasteiger partial charge < -0.3 is 10.5 Å². The lowest BCUT2D eigenvalue weighted by atomic mass is 10.0. The van der Waals surface area contributed by atoms with Gasteiger partial charge in [0.2, 0.25) is 0 Å². The van der Waals surface area contributed by atoms with Crippen molar-refractivity contribution in [3.8, 4) is 0 Å². The molecular formula is C15H21ClN2O. The van der Waals surface area contributed by atoms with E-state index in [0.29, 0.717) is 6.04 Å². The summed E-state index contributed by atoms with van der Waals surface area (Å²) >= 11 is 6.07. The molecule has 1 fully saturated rings. The molecule has 1 aromatic carbocycles. The Morgan fingerprint density at radius 3 is 3.11 bits per heavy atom. The molecule has 2 aliphatic rings. The minimum Gasteiger partial charge on any atom is -0.374 e. The highest BCUT2D eigenvalue weighted by molar-refractivity contribution is 6.30. The number of morpholine rings is 1. The number of rotatable bonds is 2. The zero-order valence-corrected chi connectivity index (χ0v) is 12.1. The predicted octanol–water partition coefficient (Wildman–Crippen LogP) is 2.38. The van der Waals surface area contributed by atoms with E-state index in [1.54, 1.807) is 0 Å². The normalized spacial score (nSPS) is 29.2. The Morgan fingerprint density at radius 2 is 2.32 bits per heavy atom.